The average molecular weight is 313 g/mol. The molecule has 0 amide bonds. The van der Waals surface area contributed by atoms with Crippen LogP contribution in [0.1, 0.15) is 30.9 Å². The molecule has 0 radical (unpaired) electrons. The molecule has 1 aromatic heterocycles. The van der Waals surface area contributed by atoms with E-state index in [-0.39, 0.29) is 6.10 Å². The predicted octanol–water partition coefficient (Wildman–Crippen LogP) is 2.61. The first-order chi connectivity index (χ1) is 11.3. The van der Waals surface area contributed by atoms with Crippen molar-refractivity contribution in [1.82, 2.24) is 20.2 Å². The lowest BCUT2D eigenvalue weighted by molar-refractivity contribution is -0.0384. The highest BCUT2D eigenvalue weighted by Gasteiger charge is 2.34. The normalized spacial score (nSPS) is 20.0. The summed E-state index contributed by atoms with van der Waals surface area (Å²) in [6, 6.07) is 10.6. The highest BCUT2D eigenvalue weighted by Crippen LogP contribution is 2.36. The number of tetrazole rings is 1. The lowest BCUT2D eigenvalue weighted by atomic mass is 9.89. The van der Waals surface area contributed by atoms with Gasteiger partial charge in [0.2, 0.25) is 5.95 Å². The van der Waals surface area contributed by atoms with Crippen molar-refractivity contribution < 1.29 is 4.74 Å². The van der Waals surface area contributed by atoms with Gasteiger partial charge < -0.3 is 9.64 Å². The largest absolute Gasteiger partial charge is 0.373 e. The fraction of sp³-hybridized carbons (Fsp3) is 0.471. The molecule has 0 saturated heterocycles. The van der Waals surface area contributed by atoms with E-state index >= 15 is 0 Å². The van der Waals surface area contributed by atoms with Crippen LogP contribution in [0, 0.1) is 0 Å². The third-order valence-electron chi connectivity index (χ3n) is 4.23. The topological polar surface area (TPSA) is 56.1 Å². The second kappa shape index (κ2) is 7.37. The molecule has 0 N–H and O–H groups in total. The van der Waals surface area contributed by atoms with Crippen LogP contribution in [-0.2, 0) is 11.3 Å². The molecular weight excluding hydrogens is 290 g/mol. The third-order valence-corrected chi connectivity index (χ3v) is 4.23. The molecule has 0 bridgehead atoms. The van der Waals surface area contributed by atoms with E-state index in [0.717, 1.165) is 31.8 Å². The summed E-state index contributed by atoms with van der Waals surface area (Å²) in [5.74, 6) is 0.818. The monoisotopic (exact) mass is 313 g/mol. The smallest absolute Gasteiger partial charge is 0.245 e. The van der Waals surface area contributed by atoms with Crippen LogP contribution < -0.4 is 4.90 Å². The van der Waals surface area contributed by atoms with Crippen molar-refractivity contribution in [3.8, 4) is 0 Å². The third kappa shape index (κ3) is 3.76. The molecule has 0 spiro atoms. The molecule has 1 heterocycles. The molecule has 1 aliphatic carbocycles. The van der Waals surface area contributed by atoms with Gasteiger partial charge >= 0.3 is 0 Å². The zero-order valence-corrected chi connectivity index (χ0v) is 13.5. The van der Waals surface area contributed by atoms with Gasteiger partial charge in [-0.05, 0) is 35.3 Å². The van der Waals surface area contributed by atoms with E-state index in [1.165, 1.54) is 5.56 Å². The van der Waals surface area contributed by atoms with Gasteiger partial charge in [0, 0.05) is 13.6 Å². The minimum absolute atomic E-state index is 0.288. The predicted molar refractivity (Wildman–Crippen MR) is 89.2 cm³/mol. The van der Waals surface area contributed by atoms with Crippen LogP contribution in [0.5, 0.6) is 0 Å². The minimum Gasteiger partial charge on any atom is -0.373 e. The van der Waals surface area contributed by atoms with Gasteiger partial charge in [-0.1, -0.05) is 41.5 Å². The highest BCUT2D eigenvalue weighted by molar-refractivity contribution is 5.27. The SMILES string of the molecule is C=CCCN(C)c1nnnn1C1CC(OCc2ccccc2)C1. The van der Waals surface area contributed by atoms with E-state index in [4.69, 9.17) is 4.74 Å². The van der Waals surface area contributed by atoms with Crippen molar-refractivity contribution in [2.24, 2.45) is 0 Å². The summed E-state index contributed by atoms with van der Waals surface area (Å²) < 4.78 is 7.87. The molecule has 1 aromatic carbocycles. The van der Waals surface area contributed by atoms with Crippen molar-refractivity contribution in [3.63, 3.8) is 0 Å². The number of hydrogen-bond acceptors (Lipinski definition) is 5. The van der Waals surface area contributed by atoms with Crippen molar-refractivity contribution in [2.75, 3.05) is 18.5 Å². The van der Waals surface area contributed by atoms with Gasteiger partial charge in [-0.15, -0.1) is 6.58 Å². The number of aromatic nitrogens is 4. The summed E-state index contributed by atoms with van der Waals surface area (Å²) in [5, 5.41) is 12.1. The van der Waals surface area contributed by atoms with Gasteiger partial charge in [0.25, 0.3) is 0 Å². The maximum atomic E-state index is 5.95. The van der Waals surface area contributed by atoms with Gasteiger partial charge in [0.1, 0.15) is 0 Å². The van der Waals surface area contributed by atoms with Crippen LogP contribution in [0.4, 0.5) is 5.95 Å². The highest BCUT2D eigenvalue weighted by atomic mass is 16.5. The molecule has 1 saturated carbocycles. The lowest BCUT2D eigenvalue weighted by Gasteiger charge is -2.35. The van der Waals surface area contributed by atoms with Crippen LogP contribution in [0.25, 0.3) is 0 Å². The Morgan fingerprint density at radius 2 is 2.13 bits per heavy atom. The number of rotatable bonds is 8. The number of anilines is 1. The zero-order chi connectivity index (χ0) is 16.1. The fourth-order valence-corrected chi connectivity index (χ4v) is 2.72. The van der Waals surface area contributed by atoms with Crippen molar-refractivity contribution in [1.29, 1.82) is 0 Å². The first-order valence-corrected chi connectivity index (χ1v) is 8.03. The van der Waals surface area contributed by atoms with Crippen molar-refractivity contribution >= 4 is 5.95 Å². The fourth-order valence-electron chi connectivity index (χ4n) is 2.72. The van der Waals surface area contributed by atoms with Gasteiger partial charge in [-0.25, -0.2) is 4.68 Å². The quantitative estimate of drug-likeness (QED) is 0.701. The number of benzene rings is 1. The molecule has 6 heteroatoms. The van der Waals surface area contributed by atoms with E-state index in [2.05, 4.69) is 39.1 Å². The maximum Gasteiger partial charge on any atom is 0.245 e. The standard InChI is InChI=1S/C17H23N5O/c1-3-4-10-21(2)17-18-19-20-22(17)15-11-16(12-15)23-13-14-8-6-5-7-9-14/h3,5-9,15-16H,1,4,10-13H2,2H3. The summed E-state index contributed by atoms with van der Waals surface area (Å²) in [5.41, 5.74) is 1.21. The summed E-state index contributed by atoms with van der Waals surface area (Å²) in [6.45, 7) is 5.28. The summed E-state index contributed by atoms with van der Waals surface area (Å²) in [7, 11) is 2.01. The Morgan fingerprint density at radius 1 is 1.35 bits per heavy atom. The molecule has 0 atom stereocenters. The van der Waals surface area contributed by atoms with Crippen molar-refractivity contribution in [3.05, 3.63) is 48.6 Å². The number of nitrogens with zero attached hydrogens (tertiary/aromatic N) is 5. The number of ether oxygens (including phenoxy) is 1. The van der Waals surface area contributed by atoms with E-state index < -0.39 is 0 Å². The molecule has 122 valence electrons. The van der Waals surface area contributed by atoms with Gasteiger partial charge in [-0.3, -0.25) is 0 Å². The Hall–Kier alpha value is -2.21. The first-order valence-electron chi connectivity index (χ1n) is 8.03. The minimum atomic E-state index is 0.288. The molecule has 1 aliphatic rings. The molecule has 1 fully saturated rings. The zero-order valence-electron chi connectivity index (χ0n) is 13.5. The van der Waals surface area contributed by atoms with Gasteiger partial charge in [0.05, 0.1) is 18.8 Å². The van der Waals surface area contributed by atoms with Crippen LogP contribution in [0.3, 0.4) is 0 Å². The van der Waals surface area contributed by atoms with E-state index in [1.54, 1.807) is 0 Å². The molecule has 23 heavy (non-hydrogen) atoms. The second-order valence-electron chi connectivity index (χ2n) is 5.97. The Kier molecular flexibility index (Phi) is 5.02. The Balaban J connectivity index is 1.50. The lowest BCUT2D eigenvalue weighted by Crippen LogP contribution is -2.35. The Morgan fingerprint density at radius 3 is 2.87 bits per heavy atom. The van der Waals surface area contributed by atoms with E-state index in [9.17, 15) is 0 Å². The van der Waals surface area contributed by atoms with Crippen LogP contribution in [-0.4, -0.2) is 39.9 Å². The molecular formula is C17H23N5O. The Labute approximate surface area is 136 Å². The number of hydrogen-bond donors (Lipinski definition) is 0. The average Bonchev–Trinajstić information content (AvgIpc) is 3.01. The van der Waals surface area contributed by atoms with Gasteiger partial charge in [0.15, 0.2) is 0 Å². The van der Waals surface area contributed by atoms with Crippen molar-refractivity contribution in [2.45, 2.75) is 38.0 Å². The summed E-state index contributed by atoms with van der Waals surface area (Å²) in [4.78, 5) is 2.07. The van der Waals surface area contributed by atoms with E-state index in [0.29, 0.717) is 12.6 Å². The molecule has 6 nitrogen and oxygen atoms in total. The molecule has 0 unspecified atom stereocenters. The van der Waals surface area contributed by atoms with Crippen LogP contribution in [0.2, 0.25) is 0 Å². The summed E-state index contributed by atoms with van der Waals surface area (Å²) in [6.07, 6.45) is 5.02. The molecule has 0 aliphatic heterocycles. The molecule has 3 rings (SSSR count). The van der Waals surface area contributed by atoms with E-state index in [1.807, 2.05) is 36.0 Å². The first kappa shape index (κ1) is 15.7. The second-order valence-corrected chi connectivity index (χ2v) is 5.97. The van der Waals surface area contributed by atoms with Crippen LogP contribution >= 0.6 is 0 Å². The maximum absolute atomic E-state index is 5.95. The summed E-state index contributed by atoms with van der Waals surface area (Å²) >= 11 is 0. The van der Waals surface area contributed by atoms with Crippen LogP contribution in [0.15, 0.2) is 43.0 Å². The van der Waals surface area contributed by atoms with Gasteiger partial charge in [-0.2, -0.15) is 0 Å². The molecule has 2 aromatic rings. The Bertz CT molecular complexity index is 621.